The van der Waals surface area contributed by atoms with E-state index in [4.69, 9.17) is 5.73 Å². The van der Waals surface area contributed by atoms with Gasteiger partial charge in [0, 0.05) is 18.1 Å². The molecule has 2 N–H and O–H groups in total. The number of rotatable bonds is 3. The second kappa shape index (κ2) is 6.58. The van der Waals surface area contributed by atoms with Crippen molar-refractivity contribution in [2.45, 2.75) is 89.6 Å². The average Bonchev–Trinajstić information content (AvgIpc) is 2.54. The molecule has 3 aliphatic rings. The maximum absolute atomic E-state index is 6.37. The van der Waals surface area contributed by atoms with Crippen molar-refractivity contribution >= 4 is 0 Å². The van der Waals surface area contributed by atoms with Gasteiger partial charge in [-0.2, -0.15) is 0 Å². The third kappa shape index (κ3) is 3.03. The Morgan fingerprint density at radius 2 is 1.67 bits per heavy atom. The third-order valence-corrected chi connectivity index (χ3v) is 7.14. The zero-order chi connectivity index (χ0) is 14.9. The summed E-state index contributed by atoms with van der Waals surface area (Å²) in [6.45, 7) is 7.02. The van der Waals surface area contributed by atoms with E-state index in [9.17, 15) is 0 Å². The lowest BCUT2D eigenvalue weighted by atomic mass is 9.69. The maximum Gasteiger partial charge on any atom is 0.0335 e. The molecular weight excluding hydrogens is 256 g/mol. The van der Waals surface area contributed by atoms with Crippen molar-refractivity contribution in [2.24, 2.45) is 23.5 Å². The van der Waals surface area contributed by atoms with Crippen molar-refractivity contribution in [1.82, 2.24) is 4.90 Å². The summed E-state index contributed by atoms with van der Waals surface area (Å²) in [5.41, 5.74) is 6.72. The molecule has 2 saturated carbocycles. The summed E-state index contributed by atoms with van der Waals surface area (Å²) in [5.74, 6) is 2.78. The van der Waals surface area contributed by atoms with Crippen LogP contribution < -0.4 is 5.73 Å². The first-order chi connectivity index (χ1) is 10.2. The van der Waals surface area contributed by atoms with Crippen LogP contribution in [0.2, 0.25) is 0 Å². The normalized spacial score (nSPS) is 42.0. The van der Waals surface area contributed by atoms with Crippen molar-refractivity contribution in [2.75, 3.05) is 13.1 Å². The molecule has 1 aliphatic heterocycles. The largest absolute Gasteiger partial charge is 0.329 e. The maximum atomic E-state index is 6.37. The fraction of sp³-hybridized carbons (Fsp3) is 1.00. The van der Waals surface area contributed by atoms with E-state index in [1.165, 1.54) is 70.8 Å². The van der Waals surface area contributed by atoms with E-state index in [1.54, 1.807) is 0 Å². The first-order valence-electron chi connectivity index (χ1n) is 9.63. The van der Waals surface area contributed by atoms with E-state index in [2.05, 4.69) is 18.7 Å². The molecule has 0 bridgehead atoms. The topological polar surface area (TPSA) is 29.3 Å². The zero-order valence-electron chi connectivity index (χ0n) is 14.3. The zero-order valence-corrected chi connectivity index (χ0v) is 14.3. The number of hydrogen-bond donors (Lipinski definition) is 1. The molecule has 0 radical (unpaired) electrons. The molecule has 2 unspecified atom stereocenters. The van der Waals surface area contributed by atoms with Crippen LogP contribution in [0, 0.1) is 17.8 Å². The van der Waals surface area contributed by atoms with Crippen LogP contribution in [0.4, 0.5) is 0 Å². The minimum Gasteiger partial charge on any atom is -0.329 e. The third-order valence-electron chi connectivity index (χ3n) is 7.14. The summed E-state index contributed by atoms with van der Waals surface area (Å²) < 4.78 is 0. The SMILES string of the molecule is CC(C)C1CCC(CN)(N2CCCC3CCCCC32)CC1. The molecule has 1 saturated heterocycles. The second-order valence-electron chi connectivity index (χ2n) is 8.46. The highest BCUT2D eigenvalue weighted by molar-refractivity contribution is 5.02. The molecule has 0 spiro atoms. The first-order valence-corrected chi connectivity index (χ1v) is 9.63. The van der Waals surface area contributed by atoms with E-state index >= 15 is 0 Å². The fourth-order valence-electron chi connectivity index (χ4n) is 5.67. The van der Waals surface area contributed by atoms with E-state index in [0.29, 0.717) is 5.54 Å². The van der Waals surface area contributed by atoms with Crippen LogP contribution in [0.25, 0.3) is 0 Å². The molecule has 2 atom stereocenters. The molecule has 0 amide bonds. The van der Waals surface area contributed by atoms with Gasteiger partial charge < -0.3 is 5.73 Å². The first kappa shape index (κ1) is 15.8. The van der Waals surface area contributed by atoms with Crippen molar-refractivity contribution in [3.8, 4) is 0 Å². The molecule has 122 valence electrons. The van der Waals surface area contributed by atoms with Crippen LogP contribution in [0.15, 0.2) is 0 Å². The Morgan fingerprint density at radius 1 is 1.00 bits per heavy atom. The lowest BCUT2D eigenvalue weighted by Crippen LogP contribution is -2.63. The number of fused-ring (bicyclic) bond motifs is 1. The molecule has 0 aromatic carbocycles. The van der Waals surface area contributed by atoms with Crippen LogP contribution >= 0.6 is 0 Å². The number of nitrogens with zero attached hydrogens (tertiary/aromatic N) is 1. The number of nitrogens with two attached hydrogens (primary N) is 1. The Hall–Kier alpha value is -0.0800. The summed E-state index contributed by atoms with van der Waals surface area (Å²) in [6.07, 6.45) is 14.3. The highest BCUT2D eigenvalue weighted by Crippen LogP contribution is 2.45. The Morgan fingerprint density at radius 3 is 2.33 bits per heavy atom. The van der Waals surface area contributed by atoms with Gasteiger partial charge in [0.2, 0.25) is 0 Å². The molecule has 0 aromatic rings. The summed E-state index contributed by atoms with van der Waals surface area (Å²) in [6, 6.07) is 0.867. The molecule has 3 rings (SSSR count). The highest BCUT2D eigenvalue weighted by atomic mass is 15.2. The van der Waals surface area contributed by atoms with Crippen molar-refractivity contribution in [3.05, 3.63) is 0 Å². The fourth-order valence-corrected chi connectivity index (χ4v) is 5.67. The van der Waals surface area contributed by atoms with Gasteiger partial charge in [0.1, 0.15) is 0 Å². The second-order valence-corrected chi connectivity index (χ2v) is 8.46. The Balaban J connectivity index is 1.73. The monoisotopic (exact) mass is 292 g/mol. The van der Waals surface area contributed by atoms with Gasteiger partial charge in [0.05, 0.1) is 0 Å². The van der Waals surface area contributed by atoms with Crippen molar-refractivity contribution < 1.29 is 0 Å². The average molecular weight is 293 g/mol. The van der Waals surface area contributed by atoms with Gasteiger partial charge in [-0.1, -0.05) is 26.7 Å². The minimum absolute atomic E-state index is 0.353. The van der Waals surface area contributed by atoms with Gasteiger partial charge in [-0.05, 0) is 75.7 Å². The van der Waals surface area contributed by atoms with Crippen molar-refractivity contribution in [1.29, 1.82) is 0 Å². The van der Waals surface area contributed by atoms with Gasteiger partial charge in [-0.3, -0.25) is 4.90 Å². The summed E-state index contributed by atoms with van der Waals surface area (Å²) >= 11 is 0. The predicted molar refractivity (Wildman–Crippen MR) is 90.3 cm³/mol. The summed E-state index contributed by atoms with van der Waals surface area (Å²) in [4.78, 5) is 2.93. The molecule has 2 aliphatic carbocycles. The van der Waals surface area contributed by atoms with E-state index in [0.717, 1.165) is 30.3 Å². The smallest absolute Gasteiger partial charge is 0.0335 e. The number of likely N-dealkylation sites (tertiary alicyclic amines) is 1. The molecule has 1 heterocycles. The van der Waals surface area contributed by atoms with Crippen LogP contribution in [0.5, 0.6) is 0 Å². The van der Waals surface area contributed by atoms with Gasteiger partial charge in [0.25, 0.3) is 0 Å². The van der Waals surface area contributed by atoms with Crippen LogP contribution in [0.1, 0.15) is 78.1 Å². The highest BCUT2D eigenvalue weighted by Gasteiger charge is 2.46. The molecule has 2 heteroatoms. The van der Waals surface area contributed by atoms with Gasteiger partial charge in [-0.25, -0.2) is 0 Å². The van der Waals surface area contributed by atoms with E-state index < -0.39 is 0 Å². The number of piperidine rings is 1. The Kier molecular flexibility index (Phi) is 4.95. The lowest BCUT2D eigenvalue weighted by Gasteiger charge is -2.56. The predicted octanol–water partition coefficient (Wildman–Crippen LogP) is 4.18. The van der Waals surface area contributed by atoms with Gasteiger partial charge in [0.15, 0.2) is 0 Å². The van der Waals surface area contributed by atoms with Crippen molar-refractivity contribution in [3.63, 3.8) is 0 Å². The van der Waals surface area contributed by atoms with E-state index in [1.807, 2.05) is 0 Å². The van der Waals surface area contributed by atoms with Crippen LogP contribution in [0.3, 0.4) is 0 Å². The molecule has 0 aromatic heterocycles. The van der Waals surface area contributed by atoms with Gasteiger partial charge >= 0.3 is 0 Å². The summed E-state index contributed by atoms with van der Waals surface area (Å²) in [7, 11) is 0. The minimum atomic E-state index is 0.353. The molecule has 21 heavy (non-hydrogen) atoms. The summed E-state index contributed by atoms with van der Waals surface area (Å²) in [5, 5.41) is 0. The quantitative estimate of drug-likeness (QED) is 0.845. The Labute approximate surface area is 131 Å². The molecule has 3 fully saturated rings. The Bertz CT molecular complexity index is 328. The number of hydrogen-bond acceptors (Lipinski definition) is 2. The standard InChI is InChI=1S/C19H36N2/c1-15(2)16-9-11-19(14-20,12-10-16)21-13-5-7-17-6-3-4-8-18(17)21/h15-18H,3-14,20H2,1-2H3. The van der Waals surface area contributed by atoms with Crippen LogP contribution in [-0.2, 0) is 0 Å². The van der Waals surface area contributed by atoms with Gasteiger partial charge in [-0.15, -0.1) is 0 Å². The molecule has 2 nitrogen and oxygen atoms in total. The van der Waals surface area contributed by atoms with Crippen LogP contribution in [-0.4, -0.2) is 29.6 Å². The molecular formula is C19H36N2. The lowest BCUT2D eigenvalue weighted by molar-refractivity contribution is -0.0515. The van der Waals surface area contributed by atoms with E-state index in [-0.39, 0.29) is 0 Å².